The van der Waals surface area contributed by atoms with Gasteiger partial charge in [-0.3, -0.25) is 14.9 Å². The highest BCUT2D eigenvalue weighted by atomic mass is 16.6. The molecule has 116 valence electrons. The van der Waals surface area contributed by atoms with Crippen LogP contribution in [0.5, 0.6) is 0 Å². The van der Waals surface area contributed by atoms with Gasteiger partial charge in [0.25, 0.3) is 11.6 Å². The maximum atomic E-state index is 12.1. The summed E-state index contributed by atoms with van der Waals surface area (Å²) in [5.41, 5.74) is -0.272. The summed E-state index contributed by atoms with van der Waals surface area (Å²) in [6, 6.07) is 1.42. The monoisotopic (exact) mass is 295 g/mol. The topological polar surface area (TPSA) is 100 Å². The van der Waals surface area contributed by atoms with E-state index in [-0.39, 0.29) is 11.3 Å². The molecule has 1 rings (SSSR count). The zero-order valence-corrected chi connectivity index (χ0v) is 12.5. The van der Waals surface area contributed by atoms with E-state index in [0.717, 1.165) is 12.6 Å². The van der Waals surface area contributed by atoms with Crippen LogP contribution in [0.1, 0.15) is 23.7 Å². The van der Waals surface area contributed by atoms with Crippen molar-refractivity contribution in [2.45, 2.75) is 13.3 Å². The lowest BCUT2D eigenvalue weighted by Crippen LogP contribution is -2.31. The Morgan fingerprint density at radius 1 is 1.43 bits per heavy atom. The number of nitrogens with zero attached hydrogens (tertiary/aromatic N) is 3. The molecular weight excluding hydrogens is 274 g/mol. The van der Waals surface area contributed by atoms with Crippen molar-refractivity contribution in [3.63, 3.8) is 0 Å². The van der Waals surface area contributed by atoms with Gasteiger partial charge in [-0.1, -0.05) is 6.92 Å². The number of likely N-dealkylation sites (N-methyl/N-ethyl adjacent to an activating group) is 1. The van der Waals surface area contributed by atoms with E-state index in [1.54, 1.807) is 0 Å². The molecule has 8 heteroatoms. The second-order valence-electron chi connectivity index (χ2n) is 4.83. The van der Waals surface area contributed by atoms with E-state index in [4.69, 9.17) is 0 Å². The molecule has 0 aromatic carbocycles. The van der Waals surface area contributed by atoms with Gasteiger partial charge in [-0.15, -0.1) is 0 Å². The third-order valence-corrected chi connectivity index (χ3v) is 2.72. The number of aromatic nitrogens is 1. The summed E-state index contributed by atoms with van der Waals surface area (Å²) in [6.45, 7) is 3.76. The Balaban J connectivity index is 2.89. The third-order valence-electron chi connectivity index (χ3n) is 2.72. The van der Waals surface area contributed by atoms with Crippen LogP contribution in [0.15, 0.2) is 12.3 Å². The molecule has 0 saturated heterocycles. The van der Waals surface area contributed by atoms with Crippen LogP contribution in [-0.4, -0.2) is 54.4 Å². The summed E-state index contributed by atoms with van der Waals surface area (Å²) >= 11 is 0. The van der Waals surface area contributed by atoms with E-state index in [2.05, 4.69) is 15.6 Å². The minimum Gasteiger partial charge on any atom is -0.370 e. The second-order valence-corrected chi connectivity index (χ2v) is 4.83. The van der Waals surface area contributed by atoms with Crippen molar-refractivity contribution in [2.75, 3.05) is 39.0 Å². The molecule has 0 atom stereocenters. The van der Waals surface area contributed by atoms with Crippen LogP contribution in [0, 0.1) is 10.1 Å². The zero-order valence-electron chi connectivity index (χ0n) is 12.5. The summed E-state index contributed by atoms with van der Waals surface area (Å²) in [5, 5.41) is 16.7. The van der Waals surface area contributed by atoms with Crippen molar-refractivity contribution in [3.8, 4) is 0 Å². The lowest BCUT2D eigenvalue weighted by atomic mass is 10.2. The molecule has 0 aliphatic rings. The molecule has 0 aliphatic carbocycles. The fourth-order valence-corrected chi connectivity index (χ4v) is 1.61. The highest BCUT2D eigenvalue weighted by molar-refractivity contribution is 5.98. The van der Waals surface area contributed by atoms with Crippen LogP contribution in [-0.2, 0) is 0 Å². The Morgan fingerprint density at radius 3 is 2.71 bits per heavy atom. The van der Waals surface area contributed by atoms with Crippen molar-refractivity contribution in [1.82, 2.24) is 15.2 Å². The van der Waals surface area contributed by atoms with E-state index in [1.807, 2.05) is 25.9 Å². The average molecular weight is 295 g/mol. The normalized spacial score (nSPS) is 10.5. The first-order valence-electron chi connectivity index (χ1n) is 6.77. The maximum Gasteiger partial charge on any atom is 0.300 e. The van der Waals surface area contributed by atoms with E-state index in [9.17, 15) is 14.9 Å². The molecule has 1 aromatic rings. The van der Waals surface area contributed by atoms with E-state index >= 15 is 0 Å². The molecular formula is C13H21N5O3. The quantitative estimate of drug-likeness (QED) is 0.550. The van der Waals surface area contributed by atoms with Gasteiger partial charge in [-0.2, -0.15) is 0 Å². The van der Waals surface area contributed by atoms with Gasteiger partial charge in [0.15, 0.2) is 0 Å². The molecule has 0 saturated carbocycles. The Kier molecular flexibility index (Phi) is 6.54. The van der Waals surface area contributed by atoms with Crippen LogP contribution < -0.4 is 10.6 Å². The number of anilines is 1. The first-order valence-corrected chi connectivity index (χ1v) is 6.77. The van der Waals surface area contributed by atoms with Gasteiger partial charge in [-0.05, 0) is 20.5 Å². The number of amides is 1. The van der Waals surface area contributed by atoms with Crippen molar-refractivity contribution in [2.24, 2.45) is 0 Å². The molecule has 0 radical (unpaired) electrons. The van der Waals surface area contributed by atoms with Gasteiger partial charge < -0.3 is 15.5 Å². The summed E-state index contributed by atoms with van der Waals surface area (Å²) in [4.78, 5) is 28.3. The van der Waals surface area contributed by atoms with Gasteiger partial charge in [0.1, 0.15) is 17.6 Å². The number of rotatable bonds is 8. The SMILES string of the molecule is CCCNc1cc(C(=O)NCCN(C)C)c([N+](=O)[O-])cn1. The zero-order chi connectivity index (χ0) is 15.8. The van der Waals surface area contributed by atoms with Crippen molar-refractivity contribution in [3.05, 3.63) is 27.9 Å². The molecule has 0 aliphatic heterocycles. The second kappa shape index (κ2) is 8.15. The minimum absolute atomic E-state index is 0.0207. The summed E-state index contributed by atoms with van der Waals surface area (Å²) < 4.78 is 0. The van der Waals surface area contributed by atoms with Crippen molar-refractivity contribution >= 4 is 17.4 Å². The van der Waals surface area contributed by atoms with Gasteiger partial charge in [0.05, 0.1) is 4.92 Å². The Hall–Kier alpha value is -2.22. The molecule has 1 heterocycles. The number of carbonyl (C=O) groups excluding carboxylic acids is 1. The fourth-order valence-electron chi connectivity index (χ4n) is 1.61. The molecule has 8 nitrogen and oxygen atoms in total. The number of carbonyl (C=O) groups is 1. The minimum atomic E-state index is -0.600. The summed E-state index contributed by atoms with van der Waals surface area (Å²) in [7, 11) is 3.77. The number of hydrogen-bond donors (Lipinski definition) is 2. The number of pyridine rings is 1. The molecule has 21 heavy (non-hydrogen) atoms. The van der Waals surface area contributed by atoms with Crippen LogP contribution in [0.2, 0.25) is 0 Å². The van der Waals surface area contributed by atoms with Crippen molar-refractivity contribution < 1.29 is 9.72 Å². The Bertz CT molecular complexity index is 505. The molecule has 0 bridgehead atoms. The average Bonchev–Trinajstić information content (AvgIpc) is 2.44. The van der Waals surface area contributed by atoms with Crippen LogP contribution in [0.3, 0.4) is 0 Å². The van der Waals surface area contributed by atoms with Gasteiger partial charge in [0.2, 0.25) is 0 Å². The van der Waals surface area contributed by atoms with E-state index < -0.39 is 10.8 Å². The molecule has 1 aromatic heterocycles. The molecule has 1 amide bonds. The first kappa shape index (κ1) is 16.8. The highest BCUT2D eigenvalue weighted by Gasteiger charge is 2.21. The van der Waals surface area contributed by atoms with Gasteiger partial charge in [0, 0.05) is 25.7 Å². The van der Waals surface area contributed by atoms with Crippen LogP contribution in [0.25, 0.3) is 0 Å². The number of hydrogen-bond acceptors (Lipinski definition) is 6. The Morgan fingerprint density at radius 2 is 2.14 bits per heavy atom. The Labute approximate surface area is 123 Å². The predicted molar refractivity (Wildman–Crippen MR) is 80.6 cm³/mol. The van der Waals surface area contributed by atoms with Crippen LogP contribution >= 0.6 is 0 Å². The maximum absolute atomic E-state index is 12.1. The van der Waals surface area contributed by atoms with Gasteiger partial charge >= 0.3 is 0 Å². The highest BCUT2D eigenvalue weighted by Crippen LogP contribution is 2.20. The smallest absolute Gasteiger partial charge is 0.300 e. The lowest BCUT2D eigenvalue weighted by molar-refractivity contribution is -0.385. The molecule has 0 unspecified atom stereocenters. The van der Waals surface area contributed by atoms with Gasteiger partial charge in [-0.25, -0.2) is 4.98 Å². The van der Waals surface area contributed by atoms with E-state index in [0.29, 0.717) is 25.5 Å². The largest absolute Gasteiger partial charge is 0.370 e. The van der Waals surface area contributed by atoms with Crippen molar-refractivity contribution in [1.29, 1.82) is 0 Å². The first-order chi connectivity index (χ1) is 9.95. The lowest BCUT2D eigenvalue weighted by Gasteiger charge is -2.11. The molecule has 0 fully saturated rings. The molecule has 0 spiro atoms. The summed E-state index contributed by atoms with van der Waals surface area (Å²) in [6.07, 6.45) is 2.00. The van der Waals surface area contributed by atoms with Crippen LogP contribution in [0.4, 0.5) is 11.5 Å². The van der Waals surface area contributed by atoms with E-state index in [1.165, 1.54) is 6.07 Å². The third kappa shape index (κ3) is 5.35. The predicted octanol–water partition coefficient (Wildman–Crippen LogP) is 1.10. The number of nitrogens with one attached hydrogen (secondary N) is 2. The number of nitro groups is 1. The fraction of sp³-hybridized carbons (Fsp3) is 0.538. The molecule has 2 N–H and O–H groups in total. The standard InChI is InChI=1S/C13H21N5O3/c1-4-5-14-12-8-10(11(9-16-12)18(20)21)13(19)15-6-7-17(2)3/h8-9H,4-7H2,1-3H3,(H,14,16)(H,15,19). The summed E-state index contributed by atoms with van der Waals surface area (Å²) in [5.74, 6) is -0.00860.